The number of guanidine groups is 1. The van der Waals surface area contributed by atoms with Crippen molar-refractivity contribution in [2.24, 2.45) is 17.4 Å². The number of urea groups is 1. The lowest BCUT2D eigenvalue weighted by molar-refractivity contribution is -0.146. The second-order valence-electron chi connectivity index (χ2n) is 21.9. The van der Waals surface area contributed by atoms with E-state index in [2.05, 4.69) is 63.7 Å². The number of hydrazine groups is 1. The minimum atomic E-state index is -1.85. The van der Waals surface area contributed by atoms with Gasteiger partial charge < -0.3 is 79.4 Å². The number of likely N-dealkylation sites (tertiary alicyclic amines) is 1. The van der Waals surface area contributed by atoms with E-state index in [0.717, 1.165) is 17.8 Å². The highest BCUT2D eigenvalue weighted by molar-refractivity contribution is 5.99. The molecule has 88 heavy (non-hydrogen) atoms. The van der Waals surface area contributed by atoms with Gasteiger partial charge in [0.2, 0.25) is 53.2 Å². The largest absolute Gasteiger partial charge is 0.508 e. The number of para-hydroxylation sites is 1. The predicted molar refractivity (Wildman–Crippen MR) is 322 cm³/mol. The Balaban J connectivity index is 1.27. The van der Waals surface area contributed by atoms with Crippen molar-refractivity contribution in [3.63, 3.8) is 0 Å². The topological polar surface area (TPSA) is 455 Å². The molecule has 476 valence electrons. The number of piperidine rings is 1. The summed E-state index contributed by atoms with van der Waals surface area (Å²) in [5, 5.41) is 52.6. The van der Waals surface area contributed by atoms with Crippen molar-refractivity contribution in [1.29, 1.82) is 5.41 Å². The maximum absolute atomic E-state index is 14.1. The van der Waals surface area contributed by atoms with Crippen molar-refractivity contribution in [2.75, 3.05) is 20.1 Å². The Morgan fingerprint density at radius 1 is 0.670 bits per heavy atom. The van der Waals surface area contributed by atoms with E-state index in [0.29, 0.717) is 29.5 Å². The van der Waals surface area contributed by atoms with Crippen LogP contribution in [0.25, 0.3) is 10.9 Å². The van der Waals surface area contributed by atoms with E-state index in [1.165, 1.54) is 24.0 Å². The van der Waals surface area contributed by atoms with E-state index in [1.54, 1.807) is 69.6 Å². The summed E-state index contributed by atoms with van der Waals surface area (Å²) >= 11 is 0. The number of H-pyrrole nitrogens is 1. The van der Waals surface area contributed by atoms with E-state index in [-0.39, 0.29) is 75.7 Å². The highest BCUT2D eigenvalue weighted by atomic mass is 16.3. The summed E-state index contributed by atoms with van der Waals surface area (Å²) in [6.07, 6.45) is 0.422. The molecule has 1 aromatic heterocycles. The molecule has 0 spiro atoms. The molecule has 0 saturated carbocycles. The fraction of sp³-hybridized carbons (Fsp3) is 0.458. The minimum Gasteiger partial charge on any atom is -0.508 e. The normalized spacial score (nSPS) is 15.6. The number of nitrogens with two attached hydrogens (primary N) is 2. The average Bonchev–Trinajstić information content (AvgIpc) is 3.99. The molecule has 4 aromatic rings. The van der Waals surface area contributed by atoms with Crippen LogP contribution in [0.2, 0.25) is 0 Å². The molecule has 0 bridgehead atoms. The number of nitrogens with zero attached hydrogens (tertiary/aromatic N) is 1. The van der Waals surface area contributed by atoms with Gasteiger partial charge in [-0.15, -0.1) is 0 Å². The Morgan fingerprint density at radius 3 is 1.94 bits per heavy atom. The number of fused-ring (bicyclic) bond motifs is 1. The van der Waals surface area contributed by atoms with Crippen molar-refractivity contribution in [2.45, 2.75) is 146 Å². The molecule has 0 aliphatic carbocycles. The first-order valence-corrected chi connectivity index (χ1v) is 28.9. The Morgan fingerprint density at radius 2 is 1.30 bits per heavy atom. The Hall–Kier alpha value is -9.80. The first-order chi connectivity index (χ1) is 41.8. The highest BCUT2D eigenvalue weighted by Gasteiger charge is 2.39. The second-order valence-corrected chi connectivity index (χ2v) is 21.9. The Kier molecular flexibility index (Phi) is 26.5. The molecule has 12 amide bonds. The van der Waals surface area contributed by atoms with Gasteiger partial charge in [-0.2, -0.15) is 0 Å². The quantitative estimate of drug-likeness (QED) is 0.0119. The summed E-state index contributed by atoms with van der Waals surface area (Å²) in [4.78, 5) is 154. The van der Waals surface area contributed by atoms with Crippen LogP contribution in [-0.4, -0.2) is 166 Å². The maximum Gasteiger partial charge on any atom is 0.334 e. The van der Waals surface area contributed by atoms with Gasteiger partial charge in [-0.1, -0.05) is 74.5 Å². The molecule has 29 heteroatoms. The molecule has 1 fully saturated rings. The molecular weight excluding hydrogens is 1140 g/mol. The second kappa shape index (κ2) is 33.8. The molecule has 19 N–H and O–H groups in total. The van der Waals surface area contributed by atoms with Gasteiger partial charge in [0.05, 0.1) is 12.5 Å². The van der Waals surface area contributed by atoms with Gasteiger partial charge in [0.15, 0.2) is 5.96 Å². The van der Waals surface area contributed by atoms with Crippen LogP contribution in [0, 0.1) is 11.3 Å². The molecule has 1 unspecified atom stereocenters. The third-order valence-electron chi connectivity index (χ3n) is 14.4. The lowest BCUT2D eigenvalue weighted by atomic mass is 9.97. The summed E-state index contributed by atoms with van der Waals surface area (Å²) in [7, 11) is 1.54. The van der Waals surface area contributed by atoms with Gasteiger partial charge in [-0.05, 0) is 86.3 Å². The molecule has 3 aromatic carbocycles. The van der Waals surface area contributed by atoms with Crippen molar-refractivity contribution in [3.05, 3.63) is 102 Å². The number of carbonyl (C=O) groups excluding carboxylic acids is 11. The Bertz CT molecular complexity index is 3100. The van der Waals surface area contributed by atoms with Crippen LogP contribution in [0.1, 0.15) is 89.3 Å². The standard InChI is InChI=1S/C59H82N16O13/c1-32(2)26-43(52(82)67-41(18-13-24-64-58(62)63-5)51(81)68-42(50(61)80)29-37-31-65-40-17-10-9-16-39(37)40)71-59(88)74-73-54(84)44(27-35-14-7-6-8-15-35)70-56(86)49(33(3)76)72-53(83)45(30-48(60)79)69-55(85)47-19-11-12-25-75(47)57(87)46(66-34(4)77)28-36-20-22-38(78)23-21-36/h6-10,14-17,20-23,31-33,41-47,49,65,76,78H,11-13,18-19,24-30H2,1-5H3,(H2,60,79)(H2,61,80)(H,66,77)(H,67,82)(H,68,81)(H,69,85)(H,70,86)(H,72,83)(H,73,84)(H3,62,63,64)(H2,71,74,88)/t33-,41+,42+,43+,44+,45+,46-,47?,49+/m1/s1. The highest BCUT2D eigenvalue weighted by Crippen LogP contribution is 2.22. The number of benzene rings is 3. The average molecular weight is 1220 g/mol. The molecule has 1 aliphatic rings. The van der Waals surface area contributed by atoms with Gasteiger partial charge in [0.25, 0.3) is 5.91 Å². The zero-order valence-corrected chi connectivity index (χ0v) is 49.8. The molecule has 2 heterocycles. The number of phenols is 1. The van der Waals surface area contributed by atoms with Gasteiger partial charge in [0, 0.05) is 63.4 Å². The van der Waals surface area contributed by atoms with Gasteiger partial charge >= 0.3 is 6.03 Å². The third-order valence-corrected chi connectivity index (χ3v) is 14.4. The molecule has 0 radical (unpaired) electrons. The van der Waals surface area contributed by atoms with Crippen LogP contribution < -0.4 is 70.2 Å². The van der Waals surface area contributed by atoms with E-state index in [1.807, 2.05) is 24.3 Å². The predicted octanol–water partition coefficient (Wildman–Crippen LogP) is -1.78. The summed E-state index contributed by atoms with van der Waals surface area (Å²) in [5.74, 6) is -8.96. The van der Waals surface area contributed by atoms with Gasteiger partial charge in [0.1, 0.15) is 54.1 Å². The number of aromatic hydroxyl groups is 1. The Labute approximate surface area is 508 Å². The zero-order valence-electron chi connectivity index (χ0n) is 49.8. The van der Waals surface area contributed by atoms with Crippen molar-refractivity contribution >= 4 is 82.0 Å². The fourth-order valence-corrected chi connectivity index (χ4v) is 9.91. The van der Waals surface area contributed by atoms with Crippen molar-refractivity contribution in [3.8, 4) is 5.75 Å². The maximum atomic E-state index is 14.1. The van der Waals surface area contributed by atoms with Gasteiger partial charge in [-0.3, -0.25) is 58.8 Å². The number of rotatable bonds is 30. The molecule has 9 atom stereocenters. The minimum absolute atomic E-state index is 0.00643. The SMILES string of the molecule is CNC(=N)NCCC[C@H](NC(=O)[C@H](CC(C)C)NC(=O)NNC(=O)[C@H](Cc1ccccc1)NC(=O)[C@@H](NC(=O)[C@H](CC(N)=O)NC(=O)C1CCCCN1C(=O)[C@@H](Cc1ccc(O)cc1)NC(C)=O)[C@@H](C)O)C(=O)N[C@@H](Cc1c[nH]c2ccccc12)C(N)=O. The number of aromatic nitrogens is 1. The molecule has 5 rings (SSSR count). The smallest absolute Gasteiger partial charge is 0.334 e. The zero-order chi connectivity index (χ0) is 64.6. The van der Waals surface area contributed by atoms with Crippen LogP contribution in [0.15, 0.2) is 85.1 Å². The first kappa shape index (κ1) is 69.0. The molecular formula is C59H82N16O13. The van der Waals surface area contributed by atoms with Crippen LogP contribution in [-0.2, 0) is 67.2 Å². The summed E-state index contributed by atoms with van der Waals surface area (Å²) in [6.45, 7) is 6.23. The van der Waals surface area contributed by atoms with E-state index in [9.17, 15) is 63.0 Å². The number of carbonyl (C=O) groups is 11. The monoisotopic (exact) mass is 1220 g/mol. The number of hydrogen-bond donors (Lipinski definition) is 17. The summed E-state index contributed by atoms with van der Waals surface area (Å²) in [6, 6.07) is 9.26. The van der Waals surface area contributed by atoms with Crippen molar-refractivity contribution in [1.82, 2.24) is 68.6 Å². The van der Waals surface area contributed by atoms with Gasteiger partial charge in [-0.25, -0.2) is 10.2 Å². The number of aliphatic hydroxyl groups is 1. The number of aromatic amines is 1. The van der Waals surface area contributed by atoms with Crippen LogP contribution in [0.4, 0.5) is 4.79 Å². The number of aliphatic hydroxyl groups excluding tert-OH is 1. The first-order valence-electron chi connectivity index (χ1n) is 28.9. The van der Waals surface area contributed by atoms with E-state index in [4.69, 9.17) is 16.9 Å². The third kappa shape index (κ3) is 21.6. The van der Waals surface area contributed by atoms with E-state index < -0.39 is 126 Å². The number of phenolic OH excluding ortho intramolecular Hbond substituents is 1. The lowest BCUT2D eigenvalue weighted by Gasteiger charge is -2.37. The molecule has 1 aliphatic heterocycles. The molecule has 29 nitrogen and oxygen atoms in total. The van der Waals surface area contributed by atoms with Crippen LogP contribution in [0.5, 0.6) is 5.75 Å². The number of amides is 12. The van der Waals surface area contributed by atoms with Crippen LogP contribution in [0.3, 0.4) is 0 Å². The van der Waals surface area contributed by atoms with Crippen LogP contribution >= 0.6 is 0 Å². The van der Waals surface area contributed by atoms with Crippen molar-refractivity contribution < 1.29 is 63.0 Å². The lowest BCUT2D eigenvalue weighted by Crippen LogP contribution is -2.63. The number of primary amides is 2. The fourth-order valence-electron chi connectivity index (χ4n) is 9.91. The summed E-state index contributed by atoms with van der Waals surface area (Å²) < 4.78 is 0. The summed E-state index contributed by atoms with van der Waals surface area (Å²) in [5.41, 5.74) is 18.3. The number of hydrogen-bond acceptors (Lipinski definition) is 14. The molecule has 1 saturated heterocycles. The van der Waals surface area contributed by atoms with E-state index >= 15 is 0 Å². The number of nitrogens with one attached hydrogen (secondary N) is 13.